The Kier molecular flexibility index (Phi) is 5.42. The second kappa shape index (κ2) is 8.16. The molecule has 1 heterocycles. The van der Waals surface area contributed by atoms with Crippen LogP contribution in [0, 0.1) is 6.92 Å². The molecule has 4 rings (SSSR count). The van der Waals surface area contributed by atoms with Crippen LogP contribution in [0.4, 0.5) is 4.79 Å². The van der Waals surface area contributed by atoms with E-state index in [0.717, 1.165) is 21.0 Å². The lowest BCUT2D eigenvalue weighted by atomic mass is 10.0. The van der Waals surface area contributed by atoms with Crippen LogP contribution in [0.2, 0.25) is 0 Å². The van der Waals surface area contributed by atoms with Gasteiger partial charge in [0.15, 0.2) is 6.10 Å². The second-order valence-corrected chi connectivity index (χ2v) is 8.90. The number of nitrogens with zero attached hydrogens (tertiary/aromatic N) is 1. The number of cyclic esters (lactones) is 1. The Hall–Kier alpha value is -3.38. The predicted octanol–water partition coefficient (Wildman–Crippen LogP) is 4.96. The smallest absolute Gasteiger partial charge is 0.425 e. The zero-order valence-electron chi connectivity index (χ0n) is 16.4. The first-order chi connectivity index (χ1) is 14.5. The summed E-state index contributed by atoms with van der Waals surface area (Å²) in [7, 11) is -4.09. The first-order valence-electron chi connectivity index (χ1n) is 9.57. The van der Waals surface area contributed by atoms with Crippen molar-refractivity contribution in [2.75, 3.05) is 0 Å². The molecule has 1 amide bonds. The molecule has 152 valence electrons. The van der Waals surface area contributed by atoms with E-state index in [1.807, 2.05) is 67.6 Å². The Morgan fingerprint density at radius 3 is 2.10 bits per heavy atom. The molecule has 6 heteroatoms. The Bertz CT molecular complexity index is 1160. The van der Waals surface area contributed by atoms with Crippen molar-refractivity contribution in [1.29, 1.82) is 0 Å². The summed E-state index contributed by atoms with van der Waals surface area (Å²) in [6, 6.07) is 24.3. The highest BCUT2D eigenvalue weighted by molar-refractivity contribution is 7.89. The van der Waals surface area contributed by atoms with Crippen LogP contribution in [-0.4, -0.2) is 24.9 Å². The zero-order valence-corrected chi connectivity index (χ0v) is 17.2. The maximum absolute atomic E-state index is 13.3. The Balaban J connectivity index is 1.78. The van der Waals surface area contributed by atoms with E-state index < -0.39 is 28.3 Å². The van der Waals surface area contributed by atoms with Gasteiger partial charge in [0, 0.05) is 0 Å². The number of benzene rings is 3. The minimum absolute atomic E-state index is 0.0527. The molecule has 5 nitrogen and oxygen atoms in total. The van der Waals surface area contributed by atoms with Gasteiger partial charge in [-0.1, -0.05) is 90.5 Å². The highest BCUT2D eigenvalue weighted by atomic mass is 32.2. The molecule has 0 aliphatic carbocycles. The lowest BCUT2D eigenvalue weighted by Crippen LogP contribution is -2.38. The third-order valence-electron chi connectivity index (χ3n) is 4.98. The maximum atomic E-state index is 13.3. The molecule has 0 bridgehead atoms. The van der Waals surface area contributed by atoms with Crippen molar-refractivity contribution in [2.45, 2.75) is 24.0 Å². The molecule has 30 heavy (non-hydrogen) atoms. The van der Waals surface area contributed by atoms with Crippen LogP contribution in [-0.2, 0) is 14.8 Å². The monoisotopic (exact) mass is 419 g/mol. The molecule has 0 saturated carbocycles. The average Bonchev–Trinajstić information content (AvgIpc) is 3.11. The quantitative estimate of drug-likeness (QED) is 0.586. The molecule has 0 radical (unpaired) electrons. The van der Waals surface area contributed by atoms with Gasteiger partial charge in [-0.15, -0.1) is 0 Å². The topological polar surface area (TPSA) is 63.7 Å². The fourth-order valence-corrected chi connectivity index (χ4v) is 4.87. The molecular formula is C24H21NO4S. The van der Waals surface area contributed by atoms with Gasteiger partial charge in [-0.3, -0.25) is 0 Å². The number of carbonyl (C=O) groups is 1. The van der Waals surface area contributed by atoms with Crippen molar-refractivity contribution in [3.05, 3.63) is 108 Å². The van der Waals surface area contributed by atoms with E-state index in [2.05, 4.69) is 0 Å². The molecule has 0 aromatic heterocycles. The van der Waals surface area contributed by atoms with Gasteiger partial charge in [0.2, 0.25) is 0 Å². The molecule has 0 spiro atoms. The largest absolute Gasteiger partial charge is 0.438 e. The van der Waals surface area contributed by atoms with E-state index in [9.17, 15) is 13.2 Å². The molecule has 1 aliphatic rings. The van der Waals surface area contributed by atoms with Gasteiger partial charge in [-0.25, -0.2) is 13.2 Å². The normalized spacial score (nSPS) is 19.2. The van der Waals surface area contributed by atoms with Crippen LogP contribution < -0.4 is 0 Å². The summed E-state index contributed by atoms with van der Waals surface area (Å²) in [5, 5.41) is 0. The van der Waals surface area contributed by atoms with E-state index in [-0.39, 0.29) is 4.90 Å². The van der Waals surface area contributed by atoms with Crippen molar-refractivity contribution in [3.8, 4) is 0 Å². The zero-order chi connectivity index (χ0) is 21.1. The number of aryl methyl sites for hydroxylation is 1. The van der Waals surface area contributed by atoms with E-state index in [1.165, 1.54) is 12.1 Å². The predicted molar refractivity (Wildman–Crippen MR) is 115 cm³/mol. The fraction of sp³-hybridized carbons (Fsp3) is 0.125. The van der Waals surface area contributed by atoms with Gasteiger partial charge >= 0.3 is 6.09 Å². The molecule has 1 saturated heterocycles. The number of hydrogen-bond donors (Lipinski definition) is 0. The summed E-state index contributed by atoms with van der Waals surface area (Å²) in [6.07, 6.45) is 1.90. The Labute approximate surface area is 176 Å². The maximum Gasteiger partial charge on any atom is 0.425 e. The van der Waals surface area contributed by atoms with Crippen molar-refractivity contribution in [2.24, 2.45) is 0 Å². The third-order valence-corrected chi connectivity index (χ3v) is 6.76. The number of carbonyl (C=O) groups excluding carboxylic acids is 1. The fourth-order valence-electron chi connectivity index (χ4n) is 3.42. The summed E-state index contributed by atoms with van der Waals surface area (Å²) in [5.41, 5.74) is 2.56. The van der Waals surface area contributed by atoms with Crippen LogP contribution in [0.1, 0.15) is 22.8 Å². The summed E-state index contributed by atoms with van der Waals surface area (Å²) >= 11 is 0. The molecule has 0 unspecified atom stereocenters. The van der Waals surface area contributed by atoms with E-state index in [1.54, 1.807) is 24.3 Å². The van der Waals surface area contributed by atoms with E-state index in [4.69, 9.17) is 4.74 Å². The first-order valence-corrected chi connectivity index (χ1v) is 11.0. The molecule has 3 aromatic rings. The Morgan fingerprint density at radius 2 is 1.47 bits per heavy atom. The van der Waals surface area contributed by atoms with Crippen molar-refractivity contribution >= 4 is 22.2 Å². The number of sulfonamides is 1. The van der Waals surface area contributed by atoms with Gasteiger partial charge < -0.3 is 4.74 Å². The SMILES string of the molecule is Cc1ccc(S(=O)(=O)N2C(=O)O[C@H](c3ccccc3)[C@H]2/C=C/c2ccccc2)cc1. The van der Waals surface area contributed by atoms with Gasteiger partial charge in [0.1, 0.15) is 6.04 Å². The van der Waals surface area contributed by atoms with Crippen molar-refractivity contribution in [3.63, 3.8) is 0 Å². The molecule has 1 fully saturated rings. The van der Waals surface area contributed by atoms with Crippen molar-refractivity contribution < 1.29 is 17.9 Å². The number of rotatable bonds is 5. The van der Waals surface area contributed by atoms with E-state index >= 15 is 0 Å². The number of amides is 1. The summed E-state index contributed by atoms with van der Waals surface area (Å²) in [6.45, 7) is 1.87. The molecular weight excluding hydrogens is 398 g/mol. The minimum Gasteiger partial charge on any atom is -0.438 e. The van der Waals surface area contributed by atoms with E-state index in [0.29, 0.717) is 0 Å². The average molecular weight is 420 g/mol. The summed E-state index contributed by atoms with van der Waals surface area (Å²) in [4.78, 5) is 12.8. The lowest BCUT2D eigenvalue weighted by molar-refractivity contribution is 0.134. The molecule has 3 aromatic carbocycles. The summed E-state index contributed by atoms with van der Waals surface area (Å²) < 4.78 is 33.1. The van der Waals surface area contributed by atoms with Gasteiger partial charge in [-0.2, -0.15) is 4.31 Å². The highest BCUT2D eigenvalue weighted by Gasteiger charge is 2.48. The highest BCUT2D eigenvalue weighted by Crippen LogP contribution is 2.37. The van der Waals surface area contributed by atoms with Crippen LogP contribution in [0.15, 0.2) is 95.9 Å². The number of ether oxygens (including phenoxy) is 1. The molecule has 2 atom stereocenters. The Morgan fingerprint density at radius 1 is 0.867 bits per heavy atom. The van der Waals surface area contributed by atoms with Gasteiger partial charge in [0.05, 0.1) is 4.90 Å². The molecule has 1 aliphatic heterocycles. The standard InChI is InChI=1S/C24H21NO4S/c1-18-12-15-21(16-13-18)30(27,28)25-22(17-14-19-8-4-2-5-9-19)23(29-24(25)26)20-10-6-3-7-11-20/h2-17,22-23H,1H3/b17-14+/t22-,23-/m1/s1. The number of hydrogen-bond acceptors (Lipinski definition) is 4. The van der Waals surface area contributed by atoms with Crippen LogP contribution in [0.5, 0.6) is 0 Å². The third kappa shape index (κ3) is 3.86. The van der Waals surface area contributed by atoms with Crippen molar-refractivity contribution in [1.82, 2.24) is 4.31 Å². The second-order valence-electron chi connectivity index (χ2n) is 7.09. The van der Waals surface area contributed by atoms with Gasteiger partial charge in [0.25, 0.3) is 10.0 Å². The molecule has 0 N–H and O–H groups in total. The van der Waals surface area contributed by atoms with Crippen LogP contribution >= 0.6 is 0 Å². The minimum atomic E-state index is -4.09. The first kappa shape index (κ1) is 19.9. The van der Waals surface area contributed by atoms with Gasteiger partial charge in [-0.05, 0) is 30.2 Å². The lowest BCUT2D eigenvalue weighted by Gasteiger charge is -2.22. The van der Waals surface area contributed by atoms with Crippen LogP contribution in [0.3, 0.4) is 0 Å². The summed E-state index contributed by atoms with van der Waals surface area (Å²) in [5.74, 6) is 0. The van der Waals surface area contributed by atoms with Crippen LogP contribution in [0.25, 0.3) is 6.08 Å².